The molecule has 614 valence electrons. The van der Waals surface area contributed by atoms with Crippen LogP contribution in [0.3, 0.4) is 0 Å². The van der Waals surface area contributed by atoms with E-state index in [2.05, 4.69) is 485 Å². The maximum Gasteiger partial charge on any atom is 0.220 e. The van der Waals surface area contributed by atoms with Crippen molar-refractivity contribution in [1.82, 2.24) is 0 Å². The first-order valence-corrected chi connectivity index (χ1v) is 56.1. The molecule has 0 aliphatic heterocycles. The number of nitrogens with zero attached hydrogens (tertiary/aromatic N) is 4. The van der Waals surface area contributed by atoms with Crippen molar-refractivity contribution in [2.75, 3.05) is 0 Å². The predicted octanol–water partition coefficient (Wildman–Crippen LogP) is 26.9. The molecule has 8 heteroatoms. The zero-order valence-corrected chi connectivity index (χ0v) is 80.5. The highest BCUT2D eigenvalue weighted by atomic mass is 28.3. The van der Waals surface area contributed by atoms with Crippen LogP contribution >= 0.6 is 0 Å². The van der Waals surface area contributed by atoms with Gasteiger partial charge in [-0.1, -0.05) is 364 Å². The predicted molar refractivity (Wildman–Crippen MR) is 536 cm³/mol. The molecule has 0 bridgehead atoms. The molecular weight excluding hydrogens is 1530 g/mol. The first-order chi connectivity index (χ1) is 58.1. The van der Waals surface area contributed by atoms with E-state index < -0.39 is 32.3 Å². The van der Waals surface area contributed by atoms with Crippen molar-refractivity contribution < 1.29 is 18.3 Å². The molecule has 0 N–H and O–H groups in total. The summed E-state index contributed by atoms with van der Waals surface area (Å²) in [6.45, 7) is 42.6. The van der Waals surface area contributed by atoms with E-state index in [1.807, 2.05) is 0 Å². The summed E-state index contributed by atoms with van der Waals surface area (Å²) in [6.07, 6.45) is 8.84. The number of hydrogen-bond acceptors (Lipinski definition) is 0. The van der Waals surface area contributed by atoms with Crippen molar-refractivity contribution in [3.63, 3.8) is 0 Å². The molecule has 4 heterocycles. The Morgan fingerprint density at radius 3 is 0.760 bits per heavy atom. The van der Waals surface area contributed by atoms with Crippen molar-refractivity contribution in [1.29, 1.82) is 0 Å². The third-order valence-electron chi connectivity index (χ3n) is 27.5. The van der Waals surface area contributed by atoms with Crippen molar-refractivity contribution in [2.45, 2.75) is 164 Å². The van der Waals surface area contributed by atoms with Gasteiger partial charge in [0.25, 0.3) is 0 Å². The molecule has 16 rings (SSSR count). The van der Waals surface area contributed by atoms with Crippen molar-refractivity contribution in [3.8, 4) is 89.5 Å². The van der Waals surface area contributed by atoms with Gasteiger partial charge in [-0.2, -0.15) is 0 Å². The summed E-state index contributed by atoms with van der Waals surface area (Å²) in [7, 11) is 2.98. The van der Waals surface area contributed by atoms with Crippen LogP contribution in [0.4, 0.5) is 0 Å². The Labute approximate surface area is 729 Å². The number of aromatic nitrogens is 4. The van der Waals surface area contributed by atoms with E-state index >= 15 is 0 Å². The number of hydrogen-bond donors (Lipinski definition) is 0. The minimum absolute atomic E-state index is 0.724. The van der Waals surface area contributed by atoms with E-state index in [4.69, 9.17) is 0 Å². The van der Waals surface area contributed by atoms with E-state index in [1.54, 1.807) is 15.6 Å². The van der Waals surface area contributed by atoms with Gasteiger partial charge in [-0.15, -0.1) is 0 Å². The Morgan fingerprint density at radius 2 is 0.504 bits per heavy atom. The quantitative estimate of drug-likeness (QED) is 0.0566. The number of fused-ring (bicyclic) bond motifs is 4. The molecular formula is C113H130N4Si4+4. The fourth-order valence-corrected chi connectivity index (χ4v) is 29.8. The monoisotopic (exact) mass is 1650 g/mol. The number of benzene rings is 12. The largest absolute Gasteiger partial charge is 0.220 e. The van der Waals surface area contributed by atoms with Gasteiger partial charge >= 0.3 is 0 Å². The highest BCUT2D eigenvalue weighted by Gasteiger charge is 2.36. The molecule has 0 radical (unpaired) electrons. The molecule has 0 saturated carbocycles. The zero-order chi connectivity index (χ0) is 86.2. The van der Waals surface area contributed by atoms with Crippen LogP contribution in [-0.4, -0.2) is 32.3 Å². The second kappa shape index (κ2) is 37.6. The van der Waals surface area contributed by atoms with Crippen LogP contribution in [0.1, 0.15) is 84.6 Å². The van der Waals surface area contributed by atoms with E-state index in [1.165, 1.54) is 190 Å². The van der Waals surface area contributed by atoms with Gasteiger partial charge in [0.2, 0.25) is 22.8 Å². The summed E-state index contributed by atoms with van der Waals surface area (Å²) >= 11 is 0. The Hall–Kier alpha value is -10.9. The fourth-order valence-electron chi connectivity index (χ4n) is 18.8. The highest BCUT2D eigenvalue weighted by molar-refractivity contribution is 6.93. The summed E-state index contributed by atoms with van der Waals surface area (Å²) in [6, 6.07) is 114. The van der Waals surface area contributed by atoms with Gasteiger partial charge in [0.15, 0.2) is 24.8 Å². The molecule has 0 saturated heterocycles. The van der Waals surface area contributed by atoms with Gasteiger partial charge in [0.1, 0.15) is 28.2 Å². The van der Waals surface area contributed by atoms with E-state index in [0.29, 0.717) is 0 Å². The van der Waals surface area contributed by atoms with Crippen LogP contribution in [0.5, 0.6) is 0 Å². The zero-order valence-electron chi connectivity index (χ0n) is 76.5. The Balaban J connectivity index is 0.000000139. The molecule has 0 atom stereocenters. The topological polar surface area (TPSA) is 15.5 Å². The van der Waals surface area contributed by atoms with Crippen LogP contribution in [0, 0.1) is 27.7 Å². The summed E-state index contributed by atoms with van der Waals surface area (Å²) in [5, 5.41) is 17.0. The molecule has 0 amide bonds. The fraction of sp³-hybridized carbons (Fsp3) is 0.257. The molecule has 0 aliphatic rings. The lowest BCUT2D eigenvalue weighted by Crippen LogP contribution is -2.49. The molecule has 0 unspecified atom stereocenters. The molecule has 0 aliphatic carbocycles. The Bertz CT molecular complexity index is 6350. The number of aryl methyl sites for hydroxylation is 8. The SMILES string of the molecule is CC[Si](CC)(CC)c1ccc2c(-c3ccc(-c4ccccc4)cc3C)[n+](C)ccc2c1.CC[Si](CC)(c1ccc2c(-c3ccc(-c4ccccc4)cc3C)[n+](C)ccc2c1)C(C)C.Cc1cc(-c2ccccc2)ccc1-c1c2ccc([Si](C)(C)C(C)C)cc2cc[n+]1C.Cc1cc(-c2ccccc2)ccc1-c1c2ccc([Si](C)(C)C)cc2cc[n+]1C. The third-order valence-corrected chi connectivity index (χ3v) is 46.1. The van der Waals surface area contributed by atoms with Crippen molar-refractivity contribution >= 4 is 96.1 Å². The van der Waals surface area contributed by atoms with Crippen molar-refractivity contribution in [2.24, 2.45) is 28.2 Å². The molecule has 0 spiro atoms. The second-order valence-corrected chi connectivity index (χ2v) is 57.3. The lowest BCUT2D eigenvalue weighted by molar-refractivity contribution is -0.659. The first kappa shape index (κ1) is 87.9. The Morgan fingerprint density at radius 1 is 0.248 bits per heavy atom. The molecule has 0 fully saturated rings. The Kier molecular flexibility index (Phi) is 27.4. The standard InChI is InChI=1S/C30H36NSi.C29H34NSi.C28H32NSi.C26H28NSi/c1-7-32(8-2,22(3)4)27-15-17-29-26(21-27)18-19-31(6)30(29)28-16-14-25(20-23(28)5)24-12-10-9-11-13-24;1-6-31(7-2,8-3)26-15-17-28-25(21-26)18-19-30(5)29(28)27-16-14-24(20-22(27)4)23-12-10-9-11-13-23;1-20(2)30(5,6)25-13-15-27-24(19-25)16-17-29(4)28(27)26-14-12-23(18-21(26)3)22-10-8-7-9-11-22;1-19-17-21(20-9-7-6-8-10-20)11-13-24(19)26-25-14-12-23(28(3,4)5)18-22(25)15-16-27(26)2/h9-22H,7-8H2,1-6H3;9-21H,6-8H2,1-5H3;7-20H,1-6H3;6-18H,1-5H3/q4*+1. The number of pyridine rings is 4. The summed E-state index contributed by atoms with van der Waals surface area (Å²) < 4.78 is 9.06. The summed E-state index contributed by atoms with van der Waals surface area (Å²) in [5.74, 6) is 0. The van der Waals surface area contributed by atoms with Gasteiger partial charge < -0.3 is 0 Å². The van der Waals surface area contributed by atoms with Gasteiger partial charge in [-0.25, -0.2) is 18.3 Å². The molecule has 4 nitrogen and oxygen atoms in total. The second-order valence-electron chi connectivity index (χ2n) is 36.4. The van der Waals surface area contributed by atoms with Crippen LogP contribution in [0.15, 0.2) is 316 Å². The van der Waals surface area contributed by atoms with Crippen LogP contribution in [0.2, 0.25) is 74.0 Å². The van der Waals surface area contributed by atoms with Gasteiger partial charge in [-0.05, 0) is 176 Å². The summed E-state index contributed by atoms with van der Waals surface area (Å²) in [5.41, 5.74) is 27.3. The average Bonchev–Trinajstić information content (AvgIpc) is 0.748. The van der Waals surface area contributed by atoms with E-state index in [0.717, 1.165) is 11.1 Å². The van der Waals surface area contributed by atoms with E-state index in [9.17, 15) is 0 Å². The maximum atomic E-state index is 2.51. The molecule has 12 aromatic carbocycles. The van der Waals surface area contributed by atoms with Gasteiger partial charge in [0, 0.05) is 46.5 Å². The normalized spacial score (nSPS) is 11.9. The highest BCUT2D eigenvalue weighted by Crippen LogP contribution is 2.39. The van der Waals surface area contributed by atoms with Gasteiger partial charge in [-0.3, -0.25) is 0 Å². The third kappa shape index (κ3) is 18.5. The minimum atomic E-state index is -1.49. The molecule has 121 heavy (non-hydrogen) atoms. The average molecular weight is 1660 g/mol. The first-order valence-electron chi connectivity index (χ1n) is 44.4. The minimum Gasteiger partial charge on any atom is -0.200 e. The lowest BCUT2D eigenvalue weighted by atomic mass is 9.95. The van der Waals surface area contributed by atoms with Gasteiger partial charge in [0.05, 0.1) is 53.8 Å². The van der Waals surface area contributed by atoms with E-state index in [-0.39, 0.29) is 0 Å². The number of rotatable bonds is 19. The maximum absolute atomic E-state index is 2.51. The lowest BCUT2D eigenvalue weighted by Gasteiger charge is -2.34. The van der Waals surface area contributed by atoms with Crippen LogP contribution < -0.4 is 39.0 Å². The summed E-state index contributed by atoms with van der Waals surface area (Å²) in [4.78, 5) is 0. The smallest absolute Gasteiger partial charge is 0.200 e. The molecule has 16 aromatic rings. The van der Waals surface area contributed by atoms with Crippen LogP contribution in [-0.2, 0) is 28.2 Å². The molecule has 4 aromatic heterocycles. The van der Waals surface area contributed by atoms with Crippen molar-refractivity contribution in [3.05, 3.63) is 338 Å². The van der Waals surface area contributed by atoms with Crippen LogP contribution in [0.25, 0.3) is 133 Å².